The number of hydrogen-bond donors (Lipinski definition) is 1. The number of rotatable bonds is 6. The highest BCUT2D eigenvalue weighted by molar-refractivity contribution is 8.00. The van der Waals surface area contributed by atoms with Gasteiger partial charge >= 0.3 is 0 Å². The van der Waals surface area contributed by atoms with E-state index in [0.717, 1.165) is 32.6 Å². The van der Waals surface area contributed by atoms with Crippen molar-refractivity contribution in [2.75, 3.05) is 18.2 Å². The Morgan fingerprint density at radius 2 is 1.97 bits per heavy atom. The van der Waals surface area contributed by atoms with E-state index >= 15 is 0 Å². The molecule has 0 aliphatic carbocycles. The molecule has 0 spiro atoms. The molecule has 8 heteroatoms. The van der Waals surface area contributed by atoms with E-state index in [1.165, 1.54) is 11.8 Å². The van der Waals surface area contributed by atoms with E-state index in [1.54, 1.807) is 36.0 Å². The number of methoxy groups -OCH3 is 1. The minimum Gasteiger partial charge on any atom is -0.495 e. The molecule has 0 fully saturated rings. The minimum absolute atomic E-state index is 0.154. The van der Waals surface area contributed by atoms with E-state index in [0.29, 0.717) is 16.5 Å². The Bertz CT molecular complexity index is 1480. The maximum Gasteiger partial charge on any atom is 0.234 e. The van der Waals surface area contributed by atoms with Crippen molar-refractivity contribution < 1.29 is 9.53 Å². The van der Waals surface area contributed by atoms with E-state index < -0.39 is 0 Å². The summed E-state index contributed by atoms with van der Waals surface area (Å²) in [5.41, 5.74) is 3.38. The number of anilines is 1. The van der Waals surface area contributed by atoms with Crippen LogP contribution in [-0.4, -0.2) is 33.4 Å². The molecule has 5 aromatic rings. The Kier molecular flexibility index (Phi) is 5.90. The SMILES string of the molecule is COc1ccc(NC(=O)CSc2nccn3nc(-c4cccc5ccccc45)cc23)cc1Cl. The largest absolute Gasteiger partial charge is 0.495 e. The molecule has 0 atom stereocenters. The van der Waals surface area contributed by atoms with Gasteiger partial charge in [-0.05, 0) is 35.0 Å². The molecule has 6 nitrogen and oxygen atoms in total. The molecule has 0 bridgehead atoms. The van der Waals surface area contributed by atoms with Crippen LogP contribution in [-0.2, 0) is 4.79 Å². The molecule has 164 valence electrons. The Labute approximate surface area is 199 Å². The third-order valence-electron chi connectivity index (χ3n) is 5.20. The molecule has 33 heavy (non-hydrogen) atoms. The fraction of sp³-hybridized carbons (Fsp3) is 0.0800. The lowest BCUT2D eigenvalue weighted by Crippen LogP contribution is -2.14. The number of nitrogens with one attached hydrogen (secondary N) is 1. The first kappa shape index (κ1) is 21.3. The van der Waals surface area contributed by atoms with Gasteiger partial charge in [0.1, 0.15) is 10.8 Å². The number of ether oxygens (including phenoxy) is 1. The first-order valence-corrected chi connectivity index (χ1v) is 11.6. The maximum absolute atomic E-state index is 12.5. The van der Waals surface area contributed by atoms with Gasteiger partial charge in [0.05, 0.1) is 29.1 Å². The molecule has 0 saturated heterocycles. The lowest BCUT2D eigenvalue weighted by atomic mass is 10.0. The second kappa shape index (κ2) is 9.13. The number of carbonyl (C=O) groups excluding carboxylic acids is 1. The number of nitrogens with zero attached hydrogens (tertiary/aromatic N) is 3. The summed E-state index contributed by atoms with van der Waals surface area (Å²) in [5, 5.41) is 11.1. The van der Waals surface area contributed by atoms with Crippen molar-refractivity contribution >= 4 is 51.2 Å². The van der Waals surface area contributed by atoms with Crippen molar-refractivity contribution in [3.8, 4) is 17.0 Å². The van der Waals surface area contributed by atoms with Gasteiger partial charge in [-0.2, -0.15) is 5.10 Å². The highest BCUT2D eigenvalue weighted by atomic mass is 35.5. The second-order valence-corrected chi connectivity index (χ2v) is 8.68. The fourth-order valence-electron chi connectivity index (χ4n) is 3.66. The van der Waals surface area contributed by atoms with Gasteiger partial charge in [0.25, 0.3) is 0 Å². The van der Waals surface area contributed by atoms with Crippen molar-refractivity contribution in [3.05, 3.63) is 84.1 Å². The molecule has 0 radical (unpaired) electrons. The van der Waals surface area contributed by atoms with Gasteiger partial charge < -0.3 is 10.1 Å². The molecular formula is C25H19ClN4O2S. The summed E-state index contributed by atoms with van der Waals surface area (Å²) in [7, 11) is 1.55. The summed E-state index contributed by atoms with van der Waals surface area (Å²) in [6.45, 7) is 0. The molecule has 0 aliphatic heterocycles. The number of thioether (sulfide) groups is 1. The summed E-state index contributed by atoms with van der Waals surface area (Å²) in [6.07, 6.45) is 3.50. The van der Waals surface area contributed by atoms with Gasteiger partial charge in [0, 0.05) is 23.6 Å². The average molecular weight is 475 g/mol. The Morgan fingerprint density at radius 3 is 2.82 bits per heavy atom. The molecule has 0 unspecified atom stereocenters. The van der Waals surface area contributed by atoms with E-state index in [2.05, 4.69) is 34.6 Å². The number of benzene rings is 3. The minimum atomic E-state index is -0.154. The number of aromatic nitrogens is 3. The maximum atomic E-state index is 12.5. The number of amides is 1. The van der Waals surface area contributed by atoms with Gasteiger partial charge in [0.2, 0.25) is 5.91 Å². The summed E-state index contributed by atoms with van der Waals surface area (Å²) in [6, 6.07) is 21.6. The third-order valence-corrected chi connectivity index (χ3v) is 6.49. The van der Waals surface area contributed by atoms with Crippen molar-refractivity contribution in [2.45, 2.75) is 5.03 Å². The van der Waals surface area contributed by atoms with Crippen LogP contribution in [0.4, 0.5) is 5.69 Å². The summed E-state index contributed by atoms with van der Waals surface area (Å²) in [5.74, 6) is 0.604. The average Bonchev–Trinajstić information content (AvgIpc) is 3.27. The number of carbonyl (C=O) groups is 1. The van der Waals surface area contributed by atoms with Gasteiger partial charge in [-0.3, -0.25) is 4.79 Å². The van der Waals surface area contributed by atoms with Crippen molar-refractivity contribution in [3.63, 3.8) is 0 Å². The predicted octanol–water partition coefficient (Wildman–Crippen LogP) is 5.94. The lowest BCUT2D eigenvalue weighted by molar-refractivity contribution is -0.113. The van der Waals surface area contributed by atoms with Crippen LogP contribution in [0.15, 0.2) is 84.1 Å². The Hall–Kier alpha value is -3.55. The smallest absolute Gasteiger partial charge is 0.234 e. The molecule has 3 aromatic carbocycles. The monoisotopic (exact) mass is 474 g/mol. The Balaban J connectivity index is 1.36. The molecule has 1 N–H and O–H groups in total. The van der Waals surface area contributed by atoms with E-state index in [9.17, 15) is 4.79 Å². The van der Waals surface area contributed by atoms with Crippen LogP contribution in [0.1, 0.15) is 0 Å². The van der Waals surface area contributed by atoms with Crippen LogP contribution >= 0.6 is 23.4 Å². The van der Waals surface area contributed by atoms with E-state index in [1.807, 2.05) is 30.5 Å². The molecule has 1 amide bonds. The number of hydrogen-bond acceptors (Lipinski definition) is 5. The summed E-state index contributed by atoms with van der Waals surface area (Å²) in [4.78, 5) is 17.0. The van der Waals surface area contributed by atoms with Crippen LogP contribution in [0.2, 0.25) is 5.02 Å². The zero-order valence-electron chi connectivity index (χ0n) is 17.7. The number of fused-ring (bicyclic) bond motifs is 2. The predicted molar refractivity (Wildman–Crippen MR) is 133 cm³/mol. The van der Waals surface area contributed by atoms with Gasteiger partial charge in [-0.1, -0.05) is 65.8 Å². The van der Waals surface area contributed by atoms with Gasteiger partial charge in [-0.25, -0.2) is 9.50 Å². The third kappa shape index (κ3) is 4.37. The van der Waals surface area contributed by atoms with Crippen LogP contribution in [0, 0.1) is 0 Å². The zero-order chi connectivity index (χ0) is 22.8. The van der Waals surface area contributed by atoms with Crippen molar-refractivity contribution in [2.24, 2.45) is 0 Å². The zero-order valence-corrected chi connectivity index (χ0v) is 19.2. The lowest BCUT2D eigenvalue weighted by Gasteiger charge is -2.08. The molecule has 5 rings (SSSR count). The first-order valence-electron chi connectivity index (χ1n) is 10.2. The number of halogens is 1. The van der Waals surface area contributed by atoms with Crippen molar-refractivity contribution in [1.82, 2.24) is 14.6 Å². The first-order chi connectivity index (χ1) is 16.1. The normalized spacial score (nSPS) is 11.1. The molecule has 0 aliphatic rings. The van der Waals surface area contributed by atoms with Crippen LogP contribution < -0.4 is 10.1 Å². The van der Waals surface area contributed by atoms with Crippen LogP contribution in [0.25, 0.3) is 27.5 Å². The van der Waals surface area contributed by atoms with Crippen LogP contribution in [0.3, 0.4) is 0 Å². The van der Waals surface area contributed by atoms with E-state index in [-0.39, 0.29) is 11.7 Å². The molecule has 2 heterocycles. The molecule has 2 aromatic heterocycles. The molecule has 0 saturated carbocycles. The van der Waals surface area contributed by atoms with E-state index in [4.69, 9.17) is 21.4 Å². The standard InChI is InChI=1S/C25H19ClN4O2S/c1-32-23-10-9-17(13-20(23)26)28-24(31)15-33-25-22-14-21(29-30(22)12-11-27-25)19-8-4-6-16-5-2-3-7-18(16)19/h2-14H,15H2,1H3,(H,28,31). The fourth-order valence-corrected chi connectivity index (χ4v) is 4.70. The van der Waals surface area contributed by atoms with Gasteiger partial charge in [0.15, 0.2) is 0 Å². The Morgan fingerprint density at radius 1 is 1.12 bits per heavy atom. The second-order valence-electron chi connectivity index (χ2n) is 7.30. The topological polar surface area (TPSA) is 68.5 Å². The van der Waals surface area contributed by atoms with Crippen LogP contribution in [0.5, 0.6) is 5.75 Å². The summed E-state index contributed by atoms with van der Waals surface area (Å²) >= 11 is 7.50. The molecular weight excluding hydrogens is 456 g/mol. The highest BCUT2D eigenvalue weighted by Crippen LogP contribution is 2.31. The van der Waals surface area contributed by atoms with Crippen molar-refractivity contribution in [1.29, 1.82) is 0 Å². The highest BCUT2D eigenvalue weighted by Gasteiger charge is 2.13. The quantitative estimate of drug-likeness (QED) is 0.308. The summed E-state index contributed by atoms with van der Waals surface area (Å²) < 4.78 is 6.94. The van der Waals surface area contributed by atoms with Gasteiger partial charge in [-0.15, -0.1) is 0 Å².